The second-order valence-electron chi connectivity index (χ2n) is 3.73. The van der Waals surface area contributed by atoms with E-state index in [1.807, 2.05) is 0 Å². The Morgan fingerprint density at radius 3 is 2.80 bits per heavy atom. The van der Waals surface area contributed by atoms with E-state index in [-0.39, 0.29) is 6.54 Å². The van der Waals surface area contributed by atoms with E-state index >= 15 is 0 Å². The summed E-state index contributed by atoms with van der Waals surface area (Å²) in [5.41, 5.74) is 0. The van der Waals surface area contributed by atoms with E-state index < -0.39 is 15.3 Å². The van der Waals surface area contributed by atoms with Gasteiger partial charge in [0.05, 0.1) is 12.7 Å². The summed E-state index contributed by atoms with van der Waals surface area (Å²) in [4.78, 5) is 0. The zero-order valence-electron chi connectivity index (χ0n) is 8.77. The summed E-state index contributed by atoms with van der Waals surface area (Å²) in [6.45, 7) is 2.68. The van der Waals surface area contributed by atoms with Gasteiger partial charge in [0.25, 0.3) is 0 Å². The van der Waals surface area contributed by atoms with Gasteiger partial charge in [-0.15, -0.1) is 0 Å². The highest BCUT2D eigenvalue weighted by atomic mass is 32.2. The van der Waals surface area contributed by atoms with Gasteiger partial charge in [-0.2, -0.15) is 5.26 Å². The summed E-state index contributed by atoms with van der Waals surface area (Å²) in [7, 11) is -3.49. The molecule has 1 unspecified atom stereocenters. The molecule has 0 aromatic heterocycles. The van der Waals surface area contributed by atoms with Gasteiger partial charge in [-0.05, 0) is 25.7 Å². The highest BCUT2D eigenvalue weighted by Crippen LogP contribution is 2.28. The van der Waals surface area contributed by atoms with Crippen LogP contribution >= 0.6 is 0 Å². The number of nitrogens with zero attached hydrogens (tertiary/aromatic N) is 1. The molecule has 0 bridgehead atoms. The molecule has 0 amide bonds. The van der Waals surface area contributed by atoms with Crippen molar-refractivity contribution < 1.29 is 13.2 Å². The molecule has 1 aliphatic carbocycles. The van der Waals surface area contributed by atoms with Crippen LogP contribution in [0.2, 0.25) is 0 Å². The molecule has 0 spiro atoms. The van der Waals surface area contributed by atoms with E-state index in [1.54, 1.807) is 6.07 Å². The van der Waals surface area contributed by atoms with Gasteiger partial charge in [-0.1, -0.05) is 0 Å². The highest BCUT2D eigenvalue weighted by Gasteiger charge is 2.21. The molecule has 1 atom stereocenters. The Morgan fingerprint density at radius 2 is 2.27 bits per heavy atom. The van der Waals surface area contributed by atoms with Gasteiger partial charge in [-0.25, -0.2) is 13.1 Å². The molecule has 5 nitrogen and oxygen atoms in total. The lowest BCUT2D eigenvalue weighted by Crippen LogP contribution is -2.34. The van der Waals surface area contributed by atoms with Crippen molar-refractivity contribution in [3.05, 3.63) is 0 Å². The standard InChI is InChI=1S/C9H16N2O3S/c1-8(6-10)15(12,13)11-4-5-14-7-9-2-3-9/h8-9,11H,2-5,7H2,1H3. The van der Waals surface area contributed by atoms with Crippen LogP contribution < -0.4 is 4.72 Å². The molecule has 0 aliphatic heterocycles. The number of ether oxygens (including phenoxy) is 1. The van der Waals surface area contributed by atoms with Crippen LogP contribution in [-0.4, -0.2) is 33.4 Å². The average molecular weight is 232 g/mol. The van der Waals surface area contributed by atoms with Crippen molar-refractivity contribution in [2.45, 2.75) is 25.0 Å². The summed E-state index contributed by atoms with van der Waals surface area (Å²) >= 11 is 0. The van der Waals surface area contributed by atoms with Crippen LogP contribution in [0.15, 0.2) is 0 Å². The minimum Gasteiger partial charge on any atom is -0.380 e. The Morgan fingerprint density at radius 1 is 1.60 bits per heavy atom. The number of sulfonamides is 1. The third kappa shape index (κ3) is 4.60. The first-order valence-corrected chi connectivity index (χ1v) is 6.56. The number of rotatable bonds is 7. The maximum absolute atomic E-state index is 11.3. The van der Waals surface area contributed by atoms with Gasteiger partial charge >= 0.3 is 0 Å². The predicted molar refractivity (Wildman–Crippen MR) is 55.5 cm³/mol. The molecule has 0 radical (unpaired) electrons. The second kappa shape index (κ2) is 5.45. The van der Waals surface area contributed by atoms with E-state index in [9.17, 15) is 8.42 Å². The van der Waals surface area contributed by atoms with E-state index in [2.05, 4.69) is 4.72 Å². The molecule has 0 heterocycles. The van der Waals surface area contributed by atoms with Gasteiger partial charge in [0.1, 0.15) is 0 Å². The Bertz CT molecular complexity index is 330. The minimum atomic E-state index is -3.49. The van der Waals surface area contributed by atoms with Crippen LogP contribution in [0.25, 0.3) is 0 Å². The largest absolute Gasteiger partial charge is 0.380 e. The van der Waals surface area contributed by atoms with Gasteiger partial charge < -0.3 is 4.74 Å². The number of hydrogen-bond donors (Lipinski definition) is 1. The van der Waals surface area contributed by atoms with Gasteiger partial charge in [0, 0.05) is 13.2 Å². The summed E-state index contributed by atoms with van der Waals surface area (Å²) in [5.74, 6) is 0.680. The Labute approximate surface area is 90.5 Å². The van der Waals surface area contributed by atoms with Gasteiger partial charge in [0.15, 0.2) is 5.25 Å². The van der Waals surface area contributed by atoms with Gasteiger partial charge in [0.2, 0.25) is 10.0 Å². The molecule has 1 fully saturated rings. The lowest BCUT2D eigenvalue weighted by molar-refractivity contribution is 0.129. The van der Waals surface area contributed by atoms with E-state index in [1.165, 1.54) is 19.8 Å². The maximum Gasteiger partial charge on any atom is 0.227 e. The Kier molecular flexibility index (Phi) is 4.51. The van der Waals surface area contributed by atoms with E-state index in [0.29, 0.717) is 12.5 Å². The quantitative estimate of drug-likeness (QED) is 0.638. The third-order valence-electron chi connectivity index (χ3n) is 2.25. The molecule has 1 N–H and O–H groups in total. The predicted octanol–water partition coefficient (Wildman–Crippen LogP) is 0.244. The molecule has 0 saturated heterocycles. The SMILES string of the molecule is CC(C#N)S(=O)(=O)NCCOCC1CC1. The topological polar surface area (TPSA) is 79.2 Å². The van der Waals surface area contributed by atoms with E-state index in [4.69, 9.17) is 10.00 Å². The van der Waals surface area contributed by atoms with Crippen LogP contribution in [0.1, 0.15) is 19.8 Å². The minimum absolute atomic E-state index is 0.237. The zero-order chi connectivity index (χ0) is 11.3. The van der Waals surface area contributed by atoms with Crippen LogP contribution in [0.3, 0.4) is 0 Å². The molecule has 1 aliphatic rings. The van der Waals surface area contributed by atoms with Crippen molar-refractivity contribution >= 4 is 10.0 Å². The lowest BCUT2D eigenvalue weighted by atomic mass is 10.5. The molecule has 1 saturated carbocycles. The summed E-state index contributed by atoms with van der Waals surface area (Å²) < 4.78 is 30.1. The summed E-state index contributed by atoms with van der Waals surface area (Å²) in [6.07, 6.45) is 2.44. The molecule has 1 rings (SSSR count). The van der Waals surface area contributed by atoms with Crippen molar-refractivity contribution in [1.82, 2.24) is 4.72 Å². The van der Waals surface area contributed by atoms with Crippen molar-refractivity contribution in [2.24, 2.45) is 5.92 Å². The fourth-order valence-electron chi connectivity index (χ4n) is 0.985. The third-order valence-corrected chi connectivity index (χ3v) is 3.89. The number of nitriles is 1. The summed E-state index contributed by atoms with van der Waals surface area (Å²) in [6, 6.07) is 1.68. The molecular weight excluding hydrogens is 216 g/mol. The molecule has 6 heteroatoms. The van der Waals surface area contributed by atoms with E-state index in [0.717, 1.165) is 6.61 Å². The van der Waals surface area contributed by atoms with Crippen molar-refractivity contribution in [1.29, 1.82) is 5.26 Å². The van der Waals surface area contributed by atoms with Crippen molar-refractivity contribution in [2.75, 3.05) is 19.8 Å². The second-order valence-corrected chi connectivity index (χ2v) is 5.81. The van der Waals surface area contributed by atoms with Crippen LogP contribution in [0.4, 0.5) is 0 Å². The van der Waals surface area contributed by atoms with Gasteiger partial charge in [-0.3, -0.25) is 0 Å². The smallest absolute Gasteiger partial charge is 0.227 e. The first-order chi connectivity index (χ1) is 7.06. The van der Waals surface area contributed by atoms with Crippen LogP contribution in [-0.2, 0) is 14.8 Å². The molecule has 86 valence electrons. The number of hydrogen-bond acceptors (Lipinski definition) is 4. The normalized spacial score (nSPS) is 18.4. The first-order valence-electron chi connectivity index (χ1n) is 5.02. The Balaban J connectivity index is 2.10. The molecular formula is C9H16N2O3S. The lowest BCUT2D eigenvalue weighted by Gasteiger charge is -2.07. The fraction of sp³-hybridized carbons (Fsp3) is 0.889. The zero-order valence-corrected chi connectivity index (χ0v) is 9.59. The summed E-state index contributed by atoms with van der Waals surface area (Å²) in [5, 5.41) is 7.44. The van der Waals surface area contributed by atoms with Crippen LogP contribution in [0.5, 0.6) is 0 Å². The fourth-order valence-corrected chi connectivity index (χ4v) is 1.74. The molecule has 0 aromatic rings. The Hall–Kier alpha value is -0.640. The van der Waals surface area contributed by atoms with Crippen LogP contribution in [0, 0.1) is 17.2 Å². The molecule has 15 heavy (non-hydrogen) atoms. The first kappa shape index (κ1) is 12.4. The average Bonchev–Trinajstić information content (AvgIpc) is 2.99. The molecule has 0 aromatic carbocycles. The number of nitrogens with one attached hydrogen (secondary N) is 1. The van der Waals surface area contributed by atoms with Crippen molar-refractivity contribution in [3.63, 3.8) is 0 Å². The van der Waals surface area contributed by atoms with Crippen molar-refractivity contribution in [3.8, 4) is 6.07 Å². The monoisotopic (exact) mass is 232 g/mol. The highest BCUT2D eigenvalue weighted by molar-refractivity contribution is 7.90. The maximum atomic E-state index is 11.3.